The van der Waals surface area contributed by atoms with Crippen LogP contribution in [0.5, 0.6) is 0 Å². The molecule has 2 aromatic rings. The average molecular weight is 402 g/mol. The monoisotopic (exact) mass is 401 g/mol. The number of hydrogen-bond donors (Lipinski definition) is 2. The van der Waals surface area contributed by atoms with Gasteiger partial charge in [0, 0.05) is 24.8 Å². The van der Waals surface area contributed by atoms with Crippen molar-refractivity contribution in [1.29, 1.82) is 0 Å². The Labute approximate surface area is 167 Å². The molecule has 0 aromatic heterocycles. The molecule has 1 amide bonds. The van der Waals surface area contributed by atoms with Crippen LogP contribution in [0.2, 0.25) is 0 Å². The Kier molecular flexibility index (Phi) is 6.17. The van der Waals surface area contributed by atoms with Crippen LogP contribution in [0.25, 0.3) is 0 Å². The third kappa shape index (κ3) is 4.79. The highest BCUT2D eigenvalue weighted by atomic mass is 32.2. The molecule has 150 valence electrons. The lowest BCUT2D eigenvalue weighted by Crippen LogP contribution is -2.44. The van der Waals surface area contributed by atoms with Gasteiger partial charge in [0.1, 0.15) is 0 Å². The lowest BCUT2D eigenvalue weighted by atomic mass is 9.99. The molecule has 1 heterocycles. The number of sulfonamides is 1. The van der Waals surface area contributed by atoms with E-state index in [-0.39, 0.29) is 22.9 Å². The summed E-state index contributed by atoms with van der Waals surface area (Å²) >= 11 is 0. The minimum atomic E-state index is -3.54. The van der Waals surface area contributed by atoms with Gasteiger partial charge in [-0.3, -0.25) is 9.69 Å². The summed E-state index contributed by atoms with van der Waals surface area (Å²) < 4.78 is 26.9. The van der Waals surface area contributed by atoms with Crippen LogP contribution in [0, 0.1) is 0 Å². The van der Waals surface area contributed by atoms with E-state index in [1.165, 1.54) is 23.3 Å². The minimum Gasteiger partial charge on any atom is -0.325 e. The van der Waals surface area contributed by atoms with Gasteiger partial charge in [0.05, 0.1) is 10.9 Å². The van der Waals surface area contributed by atoms with Crippen LogP contribution in [0.15, 0.2) is 53.4 Å². The highest BCUT2D eigenvalue weighted by molar-refractivity contribution is 7.89. The first-order valence-corrected chi connectivity index (χ1v) is 11.0. The van der Waals surface area contributed by atoms with Crippen molar-refractivity contribution in [1.82, 2.24) is 9.62 Å². The summed E-state index contributed by atoms with van der Waals surface area (Å²) in [6.07, 6.45) is 0.934. The van der Waals surface area contributed by atoms with Gasteiger partial charge in [-0.05, 0) is 62.6 Å². The summed E-state index contributed by atoms with van der Waals surface area (Å²) in [5.74, 6) is -0.102. The van der Waals surface area contributed by atoms with E-state index in [0.717, 1.165) is 19.5 Å². The first kappa shape index (κ1) is 20.5. The SMILES string of the molecule is CC(C)NS(=O)(=O)c1ccc(NC(=O)[C@H](C)N2CCc3ccccc3C2)cc1. The normalized spacial score (nSPS) is 15.9. The molecular weight excluding hydrogens is 374 g/mol. The molecule has 0 saturated heterocycles. The summed E-state index contributed by atoms with van der Waals surface area (Å²) in [4.78, 5) is 15.0. The number of fused-ring (bicyclic) bond motifs is 1. The average Bonchev–Trinajstić information content (AvgIpc) is 2.66. The largest absolute Gasteiger partial charge is 0.325 e. The quantitative estimate of drug-likeness (QED) is 0.780. The summed E-state index contributed by atoms with van der Waals surface area (Å²) in [5, 5.41) is 2.89. The molecule has 2 N–H and O–H groups in total. The smallest absolute Gasteiger partial charge is 0.241 e. The second-order valence-corrected chi connectivity index (χ2v) is 9.17. The Hall–Kier alpha value is -2.22. The van der Waals surface area contributed by atoms with Gasteiger partial charge >= 0.3 is 0 Å². The Morgan fingerprint density at radius 3 is 2.29 bits per heavy atom. The standard InChI is InChI=1S/C21H27N3O3S/c1-15(2)23-28(26,27)20-10-8-19(9-11-20)22-21(25)16(3)24-13-12-17-6-4-5-7-18(17)14-24/h4-11,15-16,23H,12-14H2,1-3H3,(H,22,25)/t16-/m0/s1. The molecule has 0 aliphatic carbocycles. The maximum Gasteiger partial charge on any atom is 0.241 e. The van der Waals surface area contributed by atoms with E-state index in [2.05, 4.69) is 27.1 Å². The van der Waals surface area contributed by atoms with E-state index in [1.54, 1.807) is 26.0 Å². The lowest BCUT2D eigenvalue weighted by Gasteiger charge is -2.32. The molecule has 1 aliphatic heterocycles. The van der Waals surface area contributed by atoms with Gasteiger partial charge < -0.3 is 5.32 Å². The summed E-state index contributed by atoms with van der Waals surface area (Å²) in [6.45, 7) is 7.03. The van der Waals surface area contributed by atoms with Gasteiger partial charge in [0.25, 0.3) is 0 Å². The number of carbonyl (C=O) groups excluding carboxylic acids is 1. The van der Waals surface area contributed by atoms with Gasteiger partial charge in [-0.25, -0.2) is 13.1 Å². The van der Waals surface area contributed by atoms with E-state index in [0.29, 0.717) is 5.69 Å². The van der Waals surface area contributed by atoms with Crippen molar-refractivity contribution in [2.75, 3.05) is 11.9 Å². The van der Waals surface area contributed by atoms with Crippen molar-refractivity contribution in [3.8, 4) is 0 Å². The van der Waals surface area contributed by atoms with Gasteiger partial charge in [-0.1, -0.05) is 24.3 Å². The second kappa shape index (κ2) is 8.43. The zero-order chi connectivity index (χ0) is 20.3. The fraction of sp³-hybridized carbons (Fsp3) is 0.381. The summed E-state index contributed by atoms with van der Waals surface area (Å²) in [7, 11) is -3.54. The van der Waals surface area contributed by atoms with Crippen molar-refractivity contribution in [2.24, 2.45) is 0 Å². The maximum atomic E-state index is 12.7. The van der Waals surface area contributed by atoms with E-state index in [4.69, 9.17) is 0 Å². The van der Waals surface area contributed by atoms with Crippen LogP contribution in [-0.4, -0.2) is 37.9 Å². The van der Waals surface area contributed by atoms with E-state index in [1.807, 2.05) is 19.1 Å². The Morgan fingerprint density at radius 2 is 1.64 bits per heavy atom. The molecule has 0 unspecified atom stereocenters. The number of carbonyl (C=O) groups is 1. The number of anilines is 1. The fourth-order valence-corrected chi connectivity index (χ4v) is 4.61. The molecule has 0 bridgehead atoms. The summed E-state index contributed by atoms with van der Waals surface area (Å²) in [6, 6.07) is 14.1. The van der Waals surface area contributed by atoms with Crippen molar-refractivity contribution in [2.45, 2.75) is 50.7 Å². The number of hydrogen-bond acceptors (Lipinski definition) is 4. The zero-order valence-corrected chi connectivity index (χ0v) is 17.3. The Morgan fingerprint density at radius 1 is 1.00 bits per heavy atom. The maximum absolute atomic E-state index is 12.7. The first-order chi connectivity index (χ1) is 13.3. The van der Waals surface area contributed by atoms with Gasteiger partial charge in [0.15, 0.2) is 0 Å². The highest BCUT2D eigenvalue weighted by Gasteiger charge is 2.25. The van der Waals surface area contributed by atoms with E-state index >= 15 is 0 Å². The minimum absolute atomic E-state index is 0.102. The van der Waals surface area contributed by atoms with Crippen LogP contribution in [-0.2, 0) is 27.8 Å². The fourth-order valence-electron chi connectivity index (χ4n) is 3.36. The molecule has 1 aliphatic rings. The number of nitrogens with one attached hydrogen (secondary N) is 2. The first-order valence-electron chi connectivity index (χ1n) is 9.50. The van der Waals surface area contributed by atoms with Gasteiger partial charge in [0.2, 0.25) is 15.9 Å². The van der Waals surface area contributed by atoms with Crippen LogP contribution in [0.3, 0.4) is 0 Å². The molecule has 7 heteroatoms. The molecule has 0 fully saturated rings. The van der Waals surface area contributed by atoms with Gasteiger partial charge in [-0.2, -0.15) is 0 Å². The van der Waals surface area contributed by atoms with Crippen molar-refractivity contribution >= 4 is 21.6 Å². The number of amides is 1. The third-order valence-electron chi connectivity index (χ3n) is 4.91. The van der Waals surface area contributed by atoms with Crippen molar-refractivity contribution < 1.29 is 13.2 Å². The topological polar surface area (TPSA) is 78.5 Å². The van der Waals surface area contributed by atoms with E-state index < -0.39 is 10.0 Å². The van der Waals surface area contributed by atoms with Crippen molar-refractivity contribution in [3.63, 3.8) is 0 Å². The summed E-state index contributed by atoms with van der Waals surface area (Å²) in [5.41, 5.74) is 3.19. The van der Waals surface area contributed by atoms with Crippen LogP contribution < -0.4 is 10.0 Å². The molecule has 2 aromatic carbocycles. The third-order valence-corrected chi connectivity index (χ3v) is 6.58. The molecule has 3 rings (SSSR count). The van der Waals surface area contributed by atoms with Crippen molar-refractivity contribution in [3.05, 3.63) is 59.7 Å². The Bertz CT molecular complexity index is 940. The number of benzene rings is 2. The van der Waals surface area contributed by atoms with Gasteiger partial charge in [-0.15, -0.1) is 0 Å². The van der Waals surface area contributed by atoms with Crippen LogP contribution >= 0.6 is 0 Å². The highest BCUT2D eigenvalue weighted by Crippen LogP contribution is 2.21. The molecule has 0 radical (unpaired) electrons. The molecule has 0 saturated carbocycles. The molecule has 0 spiro atoms. The number of rotatable bonds is 6. The molecule has 6 nitrogen and oxygen atoms in total. The second-order valence-electron chi connectivity index (χ2n) is 7.45. The van der Waals surface area contributed by atoms with Crippen LogP contribution in [0.4, 0.5) is 5.69 Å². The van der Waals surface area contributed by atoms with E-state index in [9.17, 15) is 13.2 Å². The zero-order valence-electron chi connectivity index (χ0n) is 16.5. The molecule has 28 heavy (non-hydrogen) atoms. The van der Waals surface area contributed by atoms with Crippen LogP contribution in [0.1, 0.15) is 31.9 Å². The predicted octanol–water partition coefficient (Wildman–Crippen LogP) is 2.76. The number of nitrogens with zero attached hydrogens (tertiary/aromatic N) is 1. The predicted molar refractivity (Wildman–Crippen MR) is 111 cm³/mol. The molecule has 1 atom stereocenters. The Balaban J connectivity index is 1.63. The lowest BCUT2D eigenvalue weighted by molar-refractivity contribution is -0.121. The molecular formula is C21H27N3O3S.